The van der Waals surface area contributed by atoms with Crippen molar-refractivity contribution in [2.24, 2.45) is 10.9 Å². The van der Waals surface area contributed by atoms with Crippen LogP contribution in [0.4, 0.5) is 13.2 Å². The summed E-state index contributed by atoms with van der Waals surface area (Å²) < 4.78 is 36.9. The van der Waals surface area contributed by atoms with Crippen LogP contribution in [0.1, 0.15) is 25.3 Å². The summed E-state index contributed by atoms with van der Waals surface area (Å²) in [7, 11) is 1.70. The maximum absolute atomic E-state index is 10.6. The molecule has 1 aliphatic rings. The fraction of sp³-hybridized carbons (Fsp3) is 0.467. The second kappa shape index (κ2) is 7.82. The maximum atomic E-state index is 10.6. The predicted octanol–water partition coefficient (Wildman–Crippen LogP) is 3.55. The van der Waals surface area contributed by atoms with Crippen molar-refractivity contribution in [3.63, 3.8) is 0 Å². The number of aliphatic carboxylic acids is 1. The summed E-state index contributed by atoms with van der Waals surface area (Å²) in [5, 5.41) is 7.12. The standard InChI is InChI=1S/C13H17NO.C2HF3O2/c1-10-6-7-13(14-9-10)11-4-3-5-12(8-11)15-2;3-2(4,5)1(6)7/h3-5,8,10H,6-7,9H2,1-2H3;(H,6,7)/t10-;/m0./s1. The van der Waals surface area contributed by atoms with Gasteiger partial charge in [0.15, 0.2) is 0 Å². The SMILES string of the molecule is COc1cccc(C2=NC[C@@H](C)CC2)c1.O=C(O)C(F)(F)F. The topological polar surface area (TPSA) is 58.9 Å². The molecule has 1 heterocycles. The second-order valence-electron chi connectivity index (χ2n) is 4.97. The van der Waals surface area contributed by atoms with Gasteiger partial charge in [-0.15, -0.1) is 0 Å². The summed E-state index contributed by atoms with van der Waals surface area (Å²) in [6, 6.07) is 8.16. The molecule has 1 aromatic carbocycles. The number of hydrogen-bond acceptors (Lipinski definition) is 3. The lowest BCUT2D eigenvalue weighted by atomic mass is 9.96. The molecular formula is C15H18F3NO3. The normalized spacial score (nSPS) is 17.9. The van der Waals surface area contributed by atoms with E-state index in [-0.39, 0.29) is 0 Å². The third-order valence-corrected chi connectivity index (χ3v) is 3.11. The first kappa shape index (κ1) is 18.0. The van der Waals surface area contributed by atoms with E-state index >= 15 is 0 Å². The zero-order valence-corrected chi connectivity index (χ0v) is 12.4. The molecule has 1 aromatic rings. The lowest BCUT2D eigenvalue weighted by Gasteiger charge is -2.17. The van der Waals surface area contributed by atoms with Crippen molar-refractivity contribution in [1.29, 1.82) is 0 Å². The largest absolute Gasteiger partial charge is 0.497 e. The molecule has 22 heavy (non-hydrogen) atoms. The van der Waals surface area contributed by atoms with Crippen LogP contribution in [0.2, 0.25) is 0 Å². The Morgan fingerprint density at radius 2 is 2.05 bits per heavy atom. The third-order valence-electron chi connectivity index (χ3n) is 3.11. The van der Waals surface area contributed by atoms with E-state index in [0.717, 1.165) is 24.6 Å². The summed E-state index contributed by atoms with van der Waals surface area (Å²) in [6.45, 7) is 3.22. The van der Waals surface area contributed by atoms with Gasteiger partial charge < -0.3 is 9.84 Å². The van der Waals surface area contributed by atoms with E-state index in [9.17, 15) is 13.2 Å². The summed E-state index contributed by atoms with van der Waals surface area (Å²) in [4.78, 5) is 13.5. The lowest BCUT2D eigenvalue weighted by Crippen LogP contribution is -2.21. The minimum Gasteiger partial charge on any atom is -0.497 e. The van der Waals surface area contributed by atoms with Crippen molar-refractivity contribution >= 4 is 11.7 Å². The summed E-state index contributed by atoms with van der Waals surface area (Å²) in [5.41, 5.74) is 2.44. The van der Waals surface area contributed by atoms with Gasteiger partial charge in [0.05, 0.1) is 7.11 Å². The van der Waals surface area contributed by atoms with Gasteiger partial charge in [0.1, 0.15) is 5.75 Å². The van der Waals surface area contributed by atoms with E-state index < -0.39 is 12.1 Å². The zero-order chi connectivity index (χ0) is 16.8. The van der Waals surface area contributed by atoms with Crippen molar-refractivity contribution in [1.82, 2.24) is 0 Å². The number of carbonyl (C=O) groups is 1. The first-order chi connectivity index (χ1) is 10.2. The average Bonchev–Trinajstić information content (AvgIpc) is 2.47. The molecule has 0 bridgehead atoms. The van der Waals surface area contributed by atoms with Crippen LogP contribution in [0, 0.1) is 5.92 Å². The monoisotopic (exact) mass is 317 g/mol. The number of hydrogen-bond donors (Lipinski definition) is 1. The molecule has 0 saturated heterocycles. The molecular weight excluding hydrogens is 299 g/mol. The summed E-state index contributed by atoms with van der Waals surface area (Å²) in [6.07, 6.45) is -2.75. The van der Waals surface area contributed by atoms with Crippen LogP contribution in [-0.4, -0.2) is 36.6 Å². The second-order valence-corrected chi connectivity index (χ2v) is 4.97. The van der Waals surface area contributed by atoms with E-state index in [1.807, 2.05) is 12.1 Å². The molecule has 1 atom stereocenters. The van der Waals surface area contributed by atoms with E-state index in [0.29, 0.717) is 0 Å². The molecule has 4 nitrogen and oxygen atoms in total. The van der Waals surface area contributed by atoms with E-state index in [2.05, 4.69) is 24.0 Å². The fourth-order valence-corrected chi connectivity index (χ4v) is 1.86. The quantitative estimate of drug-likeness (QED) is 0.907. The number of halogens is 3. The van der Waals surface area contributed by atoms with Crippen molar-refractivity contribution in [3.05, 3.63) is 29.8 Å². The minimum absolute atomic E-state index is 0.736. The first-order valence-corrected chi connectivity index (χ1v) is 6.72. The van der Waals surface area contributed by atoms with Crippen LogP contribution < -0.4 is 4.74 Å². The number of rotatable bonds is 2. The van der Waals surface area contributed by atoms with Crippen molar-refractivity contribution in [2.75, 3.05) is 13.7 Å². The molecule has 0 spiro atoms. The van der Waals surface area contributed by atoms with E-state index in [4.69, 9.17) is 14.6 Å². The van der Waals surface area contributed by atoms with Crippen molar-refractivity contribution < 1.29 is 27.8 Å². The highest BCUT2D eigenvalue weighted by Crippen LogP contribution is 2.20. The molecule has 0 unspecified atom stereocenters. The molecule has 2 rings (SSSR count). The molecule has 7 heteroatoms. The Labute approximate surface area is 126 Å². The number of aliphatic imine (C=N–C) groups is 1. The molecule has 1 aliphatic heterocycles. The number of methoxy groups -OCH3 is 1. The highest BCUT2D eigenvalue weighted by atomic mass is 19.4. The van der Waals surface area contributed by atoms with Crippen LogP contribution in [0.15, 0.2) is 29.3 Å². The molecule has 0 aromatic heterocycles. The predicted molar refractivity (Wildman–Crippen MR) is 76.5 cm³/mol. The van der Waals surface area contributed by atoms with Crippen LogP contribution in [0.5, 0.6) is 5.75 Å². The van der Waals surface area contributed by atoms with Crippen molar-refractivity contribution in [2.45, 2.75) is 25.9 Å². The number of ether oxygens (including phenoxy) is 1. The Bertz CT molecular complexity index is 541. The minimum atomic E-state index is -5.08. The molecule has 0 amide bonds. The fourth-order valence-electron chi connectivity index (χ4n) is 1.86. The van der Waals surface area contributed by atoms with Gasteiger partial charge in [-0.2, -0.15) is 13.2 Å². The number of benzene rings is 1. The molecule has 122 valence electrons. The summed E-state index contributed by atoms with van der Waals surface area (Å²) >= 11 is 0. The summed E-state index contributed by atoms with van der Waals surface area (Å²) in [5.74, 6) is -1.11. The van der Waals surface area contributed by atoms with Gasteiger partial charge in [-0.25, -0.2) is 4.79 Å². The van der Waals surface area contributed by atoms with Crippen LogP contribution in [0.3, 0.4) is 0 Å². The number of carboxylic acid groups (broad SMARTS) is 1. The Hall–Kier alpha value is -2.05. The highest BCUT2D eigenvalue weighted by molar-refractivity contribution is 6.01. The van der Waals surface area contributed by atoms with Crippen molar-refractivity contribution in [3.8, 4) is 5.75 Å². The molecule has 0 fully saturated rings. The van der Waals surface area contributed by atoms with Gasteiger partial charge >= 0.3 is 12.1 Å². The smallest absolute Gasteiger partial charge is 0.490 e. The number of nitrogens with zero attached hydrogens (tertiary/aromatic N) is 1. The Morgan fingerprint density at radius 1 is 1.41 bits per heavy atom. The van der Waals surface area contributed by atoms with Gasteiger partial charge in [-0.1, -0.05) is 19.1 Å². The van der Waals surface area contributed by atoms with Gasteiger partial charge in [0, 0.05) is 12.3 Å². The van der Waals surface area contributed by atoms with E-state index in [1.165, 1.54) is 17.7 Å². The third kappa shape index (κ3) is 5.75. The van der Waals surface area contributed by atoms with Gasteiger partial charge in [0.2, 0.25) is 0 Å². The van der Waals surface area contributed by atoms with Crippen LogP contribution in [0.25, 0.3) is 0 Å². The Morgan fingerprint density at radius 3 is 2.50 bits per heavy atom. The first-order valence-electron chi connectivity index (χ1n) is 6.72. The molecule has 0 saturated carbocycles. The van der Waals surface area contributed by atoms with Crippen LogP contribution in [-0.2, 0) is 4.79 Å². The molecule has 0 aliphatic carbocycles. The molecule has 0 radical (unpaired) electrons. The highest BCUT2D eigenvalue weighted by Gasteiger charge is 2.38. The van der Waals surface area contributed by atoms with Gasteiger partial charge in [0.25, 0.3) is 0 Å². The number of carboxylic acids is 1. The lowest BCUT2D eigenvalue weighted by molar-refractivity contribution is -0.192. The van der Waals surface area contributed by atoms with Gasteiger partial charge in [-0.05, 0) is 36.5 Å². The average molecular weight is 317 g/mol. The zero-order valence-electron chi connectivity index (χ0n) is 12.4. The van der Waals surface area contributed by atoms with Crippen LogP contribution >= 0.6 is 0 Å². The Kier molecular flexibility index (Phi) is 6.39. The Balaban J connectivity index is 0.000000295. The molecule has 1 N–H and O–H groups in total. The van der Waals surface area contributed by atoms with E-state index in [1.54, 1.807) is 7.11 Å². The number of alkyl halides is 3. The maximum Gasteiger partial charge on any atom is 0.490 e. The van der Waals surface area contributed by atoms with Gasteiger partial charge in [-0.3, -0.25) is 4.99 Å².